The van der Waals surface area contributed by atoms with E-state index in [9.17, 15) is 0 Å². The molecule has 0 fully saturated rings. The van der Waals surface area contributed by atoms with Crippen LogP contribution in [-0.4, -0.2) is 15.0 Å². The number of hydrogen-bond donors (Lipinski definition) is 1. The van der Waals surface area contributed by atoms with Gasteiger partial charge in [-0.15, -0.1) is 0 Å². The summed E-state index contributed by atoms with van der Waals surface area (Å²) in [5.74, 6) is 0.522. The van der Waals surface area contributed by atoms with Crippen molar-refractivity contribution in [2.45, 2.75) is 0 Å². The second kappa shape index (κ2) is 5.50. The second-order valence-electron chi connectivity index (χ2n) is 5.30. The Morgan fingerprint density at radius 3 is 2.30 bits per heavy atom. The van der Waals surface area contributed by atoms with Gasteiger partial charge in [0.1, 0.15) is 5.82 Å². The third-order valence-electron chi connectivity index (χ3n) is 3.85. The van der Waals surface area contributed by atoms with Gasteiger partial charge in [-0.25, -0.2) is 4.98 Å². The number of benzene rings is 1. The molecule has 4 nitrogen and oxygen atoms in total. The minimum absolute atomic E-state index is 0.522. The normalized spacial score (nSPS) is 10.8. The van der Waals surface area contributed by atoms with Gasteiger partial charge in [0.2, 0.25) is 0 Å². The maximum absolute atomic E-state index is 5.67. The predicted molar refractivity (Wildman–Crippen MR) is 92.6 cm³/mol. The van der Waals surface area contributed by atoms with Crippen molar-refractivity contribution < 1.29 is 0 Å². The van der Waals surface area contributed by atoms with Crippen LogP contribution in [0.15, 0.2) is 73.3 Å². The highest BCUT2D eigenvalue weighted by Crippen LogP contribution is 2.30. The summed E-state index contributed by atoms with van der Waals surface area (Å²) < 4.78 is 0. The number of hydrogen-bond acceptors (Lipinski definition) is 4. The summed E-state index contributed by atoms with van der Waals surface area (Å²) in [7, 11) is 0. The van der Waals surface area contributed by atoms with E-state index in [-0.39, 0.29) is 0 Å². The molecule has 0 bridgehead atoms. The van der Waals surface area contributed by atoms with Crippen LogP contribution in [0.2, 0.25) is 0 Å². The van der Waals surface area contributed by atoms with Crippen molar-refractivity contribution in [1.82, 2.24) is 15.0 Å². The van der Waals surface area contributed by atoms with E-state index in [0.29, 0.717) is 5.82 Å². The van der Waals surface area contributed by atoms with Crippen molar-refractivity contribution in [3.8, 4) is 22.3 Å². The van der Waals surface area contributed by atoms with Crippen LogP contribution in [-0.2, 0) is 0 Å². The van der Waals surface area contributed by atoms with E-state index in [0.717, 1.165) is 33.2 Å². The molecule has 4 rings (SSSR count). The van der Waals surface area contributed by atoms with Gasteiger partial charge in [0.25, 0.3) is 0 Å². The second-order valence-corrected chi connectivity index (χ2v) is 5.30. The minimum atomic E-state index is 0.522. The molecule has 0 spiro atoms. The molecule has 0 radical (unpaired) electrons. The monoisotopic (exact) mass is 298 g/mol. The highest BCUT2D eigenvalue weighted by Gasteiger charge is 2.07. The lowest BCUT2D eigenvalue weighted by molar-refractivity contribution is 1.33. The summed E-state index contributed by atoms with van der Waals surface area (Å²) in [4.78, 5) is 12.7. The van der Waals surface area contributed by atoms with Gasteiger partial charge in [-0.2, -0.15) is 0 Å². The number of fused-ring (bicyclic) bond motifs is 1. The van der Waals surface area contributed by atoms with Crippen LogP contribution in [0.4, 0.5) is 5.82 Å². The van der Waals surface area contributed by atoms with Gasteiger partial charge in [-0.3, -0.25) is 9.97 Å². The molecule has 3 heterocycles. The molecular weight excluding hydrogens is 284 g/mol. The average Bonchev–Trinajstić information content (AvgIpc) is 2.62. The zero-order valence-electron chi connectivity index (χ0n) is 12.3. The zero-order valence-corrected chi connectivity index (χ0v) is 12.3. The first-order valence-corrected chi connectivity index (χ1v) is 7.32. The summed E-state index contributed by atoms with van der Waals surface area (Å²) in [6, 6.07) is 16.1. The molecule has 4 aromatic rings. The molecule has 3 aromatic heterocycles. The first-order chi connectivity index (χ1) is 11.3. The van der Waals surface area contributed by atoms with Gasteiger partial charge in [-0.05, 0) is 59.2 Å². The molecule has 2 N–H and O–H groups in total. The molecule has 1 aromatic carbocycles. The van der Waals surface area contributed by atoms with E-state index in [1.165, 1.54) is 0 Å². The van der Waals surface area contributed by atoms with Crippen molar-refractivity contribution in [2.75, 3.05) is 5.73 Å². The lowest BCUT2D eigenvalue weighted by atomic mass is 9.98. The van der Waals surface area contributed by atoms with Gasteiger partial charge in [0.05, 0.1) is 5.52 Å². The van der Waals surface area contributed by atoms with E-state index in [1.807, 2.05) is 42.6 Å². The summed E-state index contributed by atoms with van der Waals surface area (Å²) >= 11 is 0. The van der Waals surface area contributed by atoms with E-state index < -0.39 is 0 Å². The van der Waals surface area contributed by atoms with Gasteiger partial charge >= 0.3 is 0 Å². The Hall–Kier alpha value is -3.27. The minimum Gasteiger partial charge on any atom is -0.384 e. The standard InChI is InChI=1S/C19H14N4/c20-19-4-2-15(12-23-19)14-1-3-18-17(11-14)16(7-10-22-18)13-5-8-21-9-6-13/h1-12H,(H2,20,23). The third kappa shape index (κ3) is 2.51. The van der Waals surface area contributed by atoms with Crippen LogP contribution in [0, 0.1) is 0 Å². The van der Waals surface area contributed by atoms with E-state index in [1.54, 1.807) is 18.6 Å². The van der Waals surface area contributed by atoms with Crippen LogP contribution in [0.3, 0.4) is 0 Å². The summed E-state index contributed by atoms with van der Waals surface area (Å²) in [5, 5.41) is 1.10. The SMILES string of the molecule is Nc1ccc(-c2ccc3nccc(-c4ccncc4)c3c2)cn1. The number of rotatable bonds is 2. The predicted octanol–water partition coefficient (Wildman–Crippen LogP) is 3.94. The summed E-state index contributed by atoms with van der Waals surface area (Å²) in [6.45, 7) is 0. The molecule has 0 unspecified atom stereocenters. The van der Waals surface area contributed by atoms with Gasteiger partial charge in [0, 0.05) is 35.7 Å². The van der Waals surface area contributed by atoms with Crippen LogP contribution < -0.4 is 5.73 Å². The van der Waals surface area contributed by atoms with E-state index in [4.69, 9.17) is 5.73 Å². The van der Waals surface area contributed by atoms with Crippen LogP contribution in [0.5, 0.6) is 0 Å². The van der Waals surface area contributed by atoms with Gasteiger partial charge in [0.15, 0.2) is 0 Å². The average molecular weight is 298 g/mol. The Kier molecular flexibility index (Phi) is 3.20. The summed E-state index contributed by atoms with van der Waals surface area (Å²) in [5.41, 5.74) is 11.0. The van der Waals surface area contributed by atoms with Crippen molar-refractivity contribution in [3.63, 3.8) is 0 Å². The number of aromatic nitrogens is 3. The van der Waals surface area contributed by atoms with E-state index in [2.05, 4.69) is 27.1 Å². The largest absolute Gasteiger partial charge is 0.384 e. The first kappa shape index (κ1) is 13.4. The maximum atomic E-state index is 5.67. The molecule has 23 heavy (non-hydrogen) atoms. The number of nitrogens with two attached hydrogens (primary N) is 1. The molecule has 0 amide bonds. The molecular formula is C19H14N4. The highest BCUT2D eigenvalue weighted by atomic mass is 14.8. The van der Waals surface area contributed by atoms with Crippen molar-refractivity contribution in [3.05, 3.63) is 73.3 Å². The zero-order chi connectivity index (χ0) is 15.6. The Labute approximate surface area is 133 Å². The number of anilines is 1. The Morgan fingerprint density at radius 2 is 1.52 bits per heavy atom. The van der Waals surface area contributed by atoms with Crippen LogP contribution >= 0.6 is 0 Å². The maximum Gasteiger partial charge on any atom is 0.123 e. The Balaban J connectivity index is 1.92. The number of nitrogen functional groups attached to an aromatic ring is 1. The number of pyridine rings is 3. The Morgan fingerprint density at radius 1 is 0.696 bits per heavy atom. The molecule has 0 aliphatic carbocycles. The van der Waals surface area contributed by atoms with E-state index >= 15 is 0 Å². The van der Waals surface area contributed by atoms with Crippen molar-refractivity contribution in [1.29, 1.82) is 0 Å². The fourth-order valence-electron chi connectivity index (χ4n) is 2.69. The van der Waals surface area contributed by atoms with Crippen LogP contribution in [0.1, 0.15) is 0 Å². The molecule has 0 aliphatic rings. The highest BCUT2D eigenvalue weighted by molar-refractivity contribution is 5.96. The number of nitrogens with zero attached hydrogens (tertiary/aromatic N) is 3. The molecule has 4 heteroatoms. The third-order valence-corrected chi connectivity index (χ3v) is 3.85. The van der Waals surface area contributed by atoms with Crippen molar-refractivity contribution >= 4 is 16.7 Å². The van der Waals surface area contributed by atoms with Crippen molar-refractivity contribution in [2.24, 2.45) is 0 Å². The van der Waals surface area contributed by atoms with Gasteiger partial charge in [-0.1, -0.05) is 6.07 Å². The fraction of sp³-hybridized carbons (Fsp3) is 0. The topological polar surface area (TPSA) is 64.7 Å². The van der Waals surface area contributed by atoms with Crippen LogP contribution in [0.25, 0.3) is 33.2 Å². The lowest BCUT2D eigenvalue weighted by Gasteiger charge is -2.08. The molecule has 0 aliphatic heterocycles. The lowest BCUT2D eigenvalue weighted by Crippen LogP contribution is -1.90. The fourth-order valence-corrected chi connectivity index (χ4v) is 2.69. The molecule has 110 valence electrons. The van der Waals surface area contributed by atoms with Gasteiger partial charge < -0.3 is 5.73 Å². The quantitative estimate of drug-likeness (QED) is 0.608. The smallest absolute Gasteiger partial charge is 0.123 e. The molecule has 0 saturated heterocycles. The summed E-state index contributed by atoms with van der Waals surface area (Å²) in [6.07, 6.45) is 7.23. The molecule has 0 atom stereocenters. The first-order valence-electron chi connectivity index (χ1n) is 7.32. The Bertz CT molecular complexity index is 963. The molecule has 0 saturated carbocycles.